The molecule has 0 atom stereocenters. The van der Waals surface area contributed by atoms with Crippen molar-refractivity contribution in [2.45, 2.75) is 12.6 Å². The molecule has 1 aromatic rings. The van der Waals surface area contributed by atoms with E-state index in [4.69, 9.17) is 5.73 Å². The molecule has 0 aliphatic heterocycles. The van der Waals surface area contributed by atoms with Crippen LogP contribution in [-0.2, 0) is 6.42 Å². The summed E-state index contributed by atoms with van der Waals surface area (Å²) < 4.78 is 36.0. The predicted molar refractivity (Wildman–Crippen MR) is 40.3 cm³/mol. The fraction of sp³-hybridized carbons (Fsp3) is 0.286. The number of rotatable bonds is 2. The van der Waals surface area contributed by atoms with Crippen LogP contribution >= 0.6 is 0 Å². The highest BCUT2D eigenvalue weighted by atomic mass is 19.4. The molecule has 0 unspecified atom stereocenters. The van der Waals surface area contributed by atoms with E-state index < -0.39 is 24.2 Å². The first-order chi connectivity index (χ1) is 6.40. The van der Waals surface area contributed by atoms with E-state index >= 15 is 0 Å². The molecule has 0 bridgehead atoms. The lowest BCUT2D eigenvalue weighted by Gasteiger charge is -2.07. The fourth-order valence-corrected chi connectivity index (χ4v) is 0.924. The van der Waals surface area contributed by atoms with E-state index in [0.29, 0.717) is 0 Å². The molecule has 0 aliphatic rings. The van der Waals surface area contributed by atoms with Crippen LogP contribution in [0.25, 0.3) is 0 Å². The van der Waals surface area contributed by atoms with Gasteiger partial charge in [-0.15, -0.1) is 5.10 Å². The minimum atomic E-state index is -4.40. The molecular formula is C7H6F3N3O. The second-order valence-electron chi connectivity index (χ2n) is 2.56. The van der Waals surface area contributed by atoms with Crippen LogP contribution in [0.4, 0.5) is 13.2 Å². The Morgan fingerprint density at radius 1 is 1.50 bits per heavy atom. The van der Waals surface area contributed by atoms with Crippen LogP contribution in [0.5, 0.6) is 0 Å². The topological polar surface area (TPSA) is 68.9 Å². The Balaban J connectivity index is 3.02. The highest BCUT2D eigenvalue weighted by Gasteiger charge is 2.30. The third-order valence-electron chi connectivity index (χ3n) is 1.43. The van der Waals surface area contributed by atoms with Crippen LogP contribution in [0.2, 0.25) is 0 Å². The third-order valence-corrected chi connectivity index (χ3v) is 1.43. The average Bonchev–Trinajstić information content (AvgIpc) is 2.01. The van der Waals surface area contributed by atoms with Gasteiger partial charge in [-0.05, 0) is 11.6 Å². The van der Waals surface area contributed by atoms with Crippen molar-refractivity contribution in [2.24, 2.45) is 5.73 Å². The summed E-state index contributed by atoms with van der Waals surface area (Å²) in [6.45, 7) is 0. The molecule has 4 nitrogen and oxygen atoms in total. The van der Waals surface area contributed by atoms with Crippen LogP contribution in [0, 0.1) is 0 Å². The van der Waals surface area contributed by atoms with Crippen LogP contribution in [0.15, 0.2) is 12.3 Å². The number of aromatic nitrogens is 2. The molecule has 0 saturated carbocycles. The van der Waals surface area contributed by atoms with Crippen LogP contribution in [-0.4, -0.2) is 22.3 Å². The molecule has 1 heterocycles. The van der Waals surface area contributed by atoms with E-state index in [1.165, 1.54) is 0 Å². The van der Waals surface area contributed by atoms with Gasteiger partial charge in [-0.3, -0.25) is 4.79 Å². The first-order valence-corrected chi connectivity index (χ1v) is 3.57. The van der Waals surface area contributed by atoms with E-state index in [0.717, 1.165) is 12.3 Å². The largest absolute Gasteiger partial charge is 0.393 e. The van der Waals surface area contributed by atoms with Gasteiger partial charge >= 0.3 is 6.18 Å². The van der Waals surface area contributed by atoms with Crippen LogP contribution in [0.1, 0.15) is 16.1 Å². The van der Waals surface area contributed by atoms with Crippen molar-refractivity contribution < 1.29 is 18.0 Å². The number of nitrogens with zero attached hydrogens (tertiary/aromatic N) is 2. The quantitative estimate of drug-likeness (QED) is 0.771. The number of amides is 1. The SMILES string of the molecule is NC(=O)c1nnccc1CC(F)(F)F. The molecule has 2 N–H and O–H groups in total. The number of carbonyl (C=O) groups is 1. The molecule has 14 heavy (non-hydrogen) atoms. The van der Waals surface area contributed by atoms with Crippen molar-refractivity contribution in [1.82, 2.24) is 10.2 Å². The normalized spacial score (nSPS) is 11.4. The summed E-state index contributed by atoms with van der Waals surface area (Å²) >= 11 is 0. The van der Waals surface area contributed by atoms with Crippen molar-refractivity contribution in [2.75, 3.05) is 0 Å². The molecule has 0 aliphatic carbocycles. The maximum Gasteiger partial charge on any atom is 0.393 e. The standard InChI is InChI=1S/C7H6F3N3O/c8-7(9,10)3-4-1-2-12-13-5(4)6(11)14/h1-2H,3H2,(H2,11,14). The van der Waals surface area contributed by atoms with E-state index in [1.807, 2.05) is 0 Å². The molecule has 76 valence electrons. The fourth-order valence-electron chi connectivity index (χ4n) is 0.924. The number of alkyl halides is 3. The van der Waals surface area contributed by atoms with Crippen molar-refractivity contribution in [3.8, 4) is 0 Å². The Hall–Kier alpha value is -1.66. The highest BCUT2D eigenvalue weighted by Crippen LogP contribution is 2.21. The number of carbonyl (C=O) groups excluding carboxylic acids is 1. The summed E-state index contributed by atoms with van der Waals surface area (Å²) in [5, 5.41) is 6.52. The number of halogens is 3. The number of hydrogen-bond donors (Lipinski definition) is 1. The molecule has 1 amide bonds. The first-order valence-electron chi connectivity index (χ1n) is 3.57. The predicted octanol–water partition coefficient (Wildman–Crippen LogP) is 0.680. The van der Waals surface area contributed by atoms with E-state index in [2.05, 4.69) is 10.2 Å². The van der Waals surface area contributed by atoms with Gasteiger partial charge in [0.15, 0.2) is 5.69 Å². The number of nitrogens with two attached hydrogens (primary N) is 1. The van der Waals surface area contributed by atoms with Gasteiger partial charge in [-0.1, -0.05) is 0 Å². The number of primary amides is 1. The second kappa shape index (κ2) is 3.60. The lowest BCUT2D eigenvalue weighted by molar-refractivity contribution is -0.127. The molecule has 7 heteroatoms. The maximum absolute atomic E-state index is 12.0. The van der Waals surface area contributed by atoms with Gasteiger partial charge in [0.05, 0.1) is 6.42 Å². The molecule has 0 radical (unpaired) electrons. The van der Waals surface area contributed by atoms with Gasteiger partial charge in [-0.2, -0.15) is 18.3 Å². The Morgan fingerprint density at radius 3 is 2.64 bits per heavy atom. The van der Waals surface area contributed by atoms with Crippen LogP contribution in [0.3, 0.4) is 0 Å². The second-order valence-corrected chi connectivity index (χ2v) is 2.56. The zero-order chi connectivity index (χ0) is 10.8. The molecule has 0 fully saturated rings. The van der Waals surface area contributed by atoms with Crippen molar-refractivity contribution >= 4 is 5.91 Å². The highest BCUT2D eigenvalue weighted by molar-refractivity contribution is 5.92. The molecular weight excluding hydrogens is 199 g/mol. The summed E-state index contributed by atoms with van der Waals surface area (Å²) in [5.74, 6) is -1.02. The molecule has 0 spiro atoms. The molecule has 0 saturated heterocycles. The molecule has 0 aromatic carbocycles. The summed E-state index contributed by atoms with van der Waals surface area (Å²) in [4.78, 5) is 10.7. The lowest BCUT2D eigenvalue weighted by atomic mass is 10.1. The van der Waals surface area contributed by atoms with Gasteiger partial charge in [-0.25, -0.2) is 0 Å². The van der Waals surface area contributed by atoms with Crippen molar-refractivity contribution in [3.63, 3.8) is 0 Å². The third kappa shape index (κ3) is 2.68. The molecule has 1 rings (SSSR count). The van der Waals surface area contributed by atoms with E-state index in [1.54, 1.807) is 0 Å². The zero-order valence-corrected chi connectivity index (χ0v) is 6.88. The Kier molecular flexibility index (Phi) is 2.68. The average molecular weight is 205 g/mol. The minimum Gasteiger partial charge on any atom is -0.364 e. The lowest BCUT2D eigenvalue weighted by Crippen LogP contribution is -2.20. The van der Waals surface area contributed by atoms with E-state index in [9.17, 15) is 18.0 Å². The van der Waals surface area contributed by atoms with Crippen LogP contribution < -0.4 is 5.73 Å². The maximum atomic E-state index is 12.0. The summed E-state index contributed by atoms with van der Waals surface area (Å²) in [5.41, 5.74) is 4.12. The van der Waals surface area contributed by atoms with E-state index in [-0.39, 0.29) is 5.56 Å². The van der Waals surface area contributed by atoms with Gasteiger partial charge in [0.2, 0.25) is 0 Å². The van der Waals surface area contributed by atoms with Crippen molar-refractivity contribution in [3.05, 3.63) is 23.5 Å². The van der Waals surface area contributed by atoms with Gasteiger partial charge in [0.1, 0.15) is 0 Å². The smallest absolute Gasteiger partial charge is 0.364 e. The van der Waals surface area contributed by atoms with Gasteiger partial charge in [0.25, 0.3) is 5.91 Å². The Labute approximate surface area is 76.9 Å². The van der Waals surface area contributed by atoms with Crippen molar-refractivity contribution in [1.29, 1.82) is 0 Å². The zero-order valence-electron chi connectivity index (χ0n) is 6.88. The Bertz CT molecular complexity index is 350. The van der Waals surface area contributed by atoms with Gasteiger partial charge < -0.3 is 5.73 Å². The molecule has 1 aromatic heterocycles. The first kappa shape index (κ1) is 10.4. The monoisotopic (exact) mass is 205 g/mol. The van der Waals surface area contributed by atoms with Gasteiger partial charge in [0, 0.05) is 6.20 Å². The number of hydrogen-bond acceptors (Lipinski definition) is 3. The minimum absolute atomic E-state index is 0.264. The summed E-state index contributed by atoms with van der Waals surface area (Å²) in [7, 11) is 0. The summed E-state index contributed by atoms with van der Waals surface area (Å²) in [6, 6.07) is 1.07. The summed E-state index contributed by atoms with van der Waals surface area (Å²) in [6.07, 6.45) is -4.55. The Morgan fingerprint density at radius 2 is 2.14 bits per heavy atom.